The first-order chi connectivity index (χ1) is 11.5. The summed E-state index contributed by atoms with van der Waals surface area (Å²) in [5.74, 6) is 1.06. The fourth-order valence-electron chi connectivity index (χ4n) is 2.91. The molecule has 3 rings (SSSR count). The molecule has 1 aromatic carbocycles. The maximum Gasteiger partial charge on any atom is 0.573 e. The number of rotatable bonds is 5. The lowest BCUT2D eigenvalue weighted by molar-refractivity contribution is -0.274. The number of alkyl halides is 3. The lowest BCUT2D eigenvalue weighted by Gasteiger charge is -2.22. The van der Waals surface area contributed by atoms with Gasteiger partial charge in [0, 0.05) is 37.7 Å². The van der Waals surface area contributed by atoms with Crippen molar-refractivity contribution in [1.29, 1.82) is 0 Å². The summed E-state index contributed by atoms with van der Waals surface area (Å²) in [5.41, 5.74) is 0.759. The Labute approximate surface area is 138 Å². The molecule has 0 N–H and O–H groups in total. The third kappa shape index (κ3) is 4.50. The molecule has 0 bridgehead atoms. The van der Waals surface area contributed by atoms with Gasteiger partial charge in [-0.15, -0.1) is 13.2 Å². The van der Waals surface area contributed by atoms with Crippen LogP contribution >= 0.6 is 0 Å². The minimum absolute atomic E-state index is 0.233. The van der Waals surface area contributed by atoms with E-state index in [0.29, 0.717) is 5.92 Å². The second-order valence-electron chi connectivity index (χ2n) is 5.89. The molecule has 130 valence electrons. The predicted molar refractivity (Wildman–Crippen MR) is 82.5 cm³/mol. The van der Waals surface area contributed by atoms with Crippen molar-refractivity contribution in [1.82, 2.24) is 9.55 Å². The van der Waals surface area contributed by atoms with Gasteiger partial charge in [-0.2, -0.15) is 0 Å². The molecule has 1 aromatic heterocycles. The highest BCUT2D eigenvalue weighted by atomic mass is 19.4. The fourth-order valence-corrected chi connectivity index (χ4v) is 2.91. The molecule has 0 radical (unpaired) electrons. The van der Waals surface area contributed by atoms with Crippen LogP contribution in [-0.4, -0.2) is 29.1 Å². The van der Waals surface area contributed by atoms with E-state index in [1.807, 2.05) is 10.8 Å². The van der Waals surface area contributed by atoms with Gasteiger partial charge in [-0.3, -0.25) is 0 Å². The molecule has 1 saturated heterocycles. The van der Waals surface area contributed by atoms with Gasteiger partial charge in [0.1, 0.15) is 11.6 Å². The van der Waals surface area contributed by atoms with Crippen molar-refractivity contribution in [2.24, 2.45) is 5.92 Å². The van der Waals surface area contributed by atoms with E-state index in [-0.39, 0.29) is 5.75 Å². The Morgan fingerprint density at radius 3 is 2.71 bits per heavy atom. The summed E-state index contributed by atoms with van der Waals surface area (Å²) < 4.78 is 48.0. The van der Waals surface area contributed by atoms with Crippen LogP contribution in [0.2, 0.25) is 0 Å². The third-order valence-electron chi connectivity index (χ3n) is 4.09. The van der Waals surface area contributed by atoms with Crippen molar-refractivity contribution < 1.29 is 22.6 Å². The van der Waals surface area contributed by atoms with Gasteiger partial charge in [-0.1, -0.05) is 0 Å². The van der Waals surface area contributed by atoms with Crippen molar-refractivity contribution in [2.45, 2.75) is 32.2 Å². The number of aryl methyl sites for hydroxylation is 1. The van der Waals surface area contributed by atoms with E-state index in [1.54, 1.807) is 18.3 Å². The van der Waals surface area contributed by atoms with Gasteiger partial charge in [0.2, 0.25) is 0 Å². The maximum absolute atomic E-state index is 12.2. The Morgan fingerprint density at radius 2 is 2.04 bits per heavy atom. The average Bonchev–Trinajstić information content (AvgIpc) is 3.02. The minimum atomic E-state index is -4.68. The molecule has 0 aliphatic carbocycles. The number of hydrogen-bond acceptors (Lipinski definition) is 3. The zero-order valence-electron chi connectivity index (χ0n) is 13.1. The molecule has 7 heteroatoms. The highest BCUT2D eigenvalue weighted by molar-refractivity contribution is 5.56. The van der Waals surface area contributed by atoms with Crippen LogP contribution in [0.25, 0.3) is 11.4 Å². The van der Waals surface area contributed by atoms with E-state index >= 15 is 0 Å². The molecule has 2 aromatic rings. The van der Waals surface area contributed by atoms with Crippen LogP contribution in [0.15, 0.2) is 36.7 Å². The quantitative estimate of drug-likeness (QED) is 0.816. The molecule has 4 nitrogen and oxygen atoms in total. The van der Waals surface area contributed by atoms with Crippen molar-refractivity contribution in [3.8, 4) is 17.1 Å². The van der Waals surface area contributed by atoms with Gasteiger partial charge >= 0.3 is 6.36 Å². The van der Waals surface area contributed by atoms with Gasteiger partial charge in [-0.25, -0.2) is 4.98 Å². The highest BCUT2D eigenvalue weighted by Crippen LogP contribution is 2.26. The number of hydrogen-bond donors (Lipinski definition) is 0. The number of halogens is 3. The molecule has 0 amide bonds. The Balaban J connectivity index is 1.65. The Bertz CT molecular complexity index is 647. The number of imidazole rings is 1. The van der Waals surface area contributed by atoms with Crippen molar-refractivity contribution in [3.05, 3.63) is 36.7 Å². The standard InChI is InChI=1S/C17H19F3N2O2/c18-17(19,20)24-15-5-3-14(4-6-15)16-21-8-10-22(16)9-7-13-2-1-11-23-12-13/h3-6,8,10,13H,1-2,7,9,11-12H2. The van der Waals surface area contributed by atoms with Gasteiger partial charge in [-0.05, 0) is 49.4 Å². The molecule has 2 heterocycles. The van der Waals surface area contributed by atoms with Gasteiger partial charge in [0.15, 0.2) is 0 Å². The largest absolute Gasteiger partial charge is 0.573 e. The summed E-state index contributed by atoms with van der Waals surface area (Å²) >= 11 is 0. The van der Waals surface area contributed by atoms with Crippen LogP contribution in [0, 0.1) is 5.92 Å². The summed E-state index contributed by atoms with van der Waals surface area (Å²) in [7, 11) is 0. The van der Waals surface area contributed by atoms with Crippen LogP contribution in [-0.2, 0) is 11.3 Å². The van der Waals surface area contributed by atoms with E-state index in [1.165, 1.54) is 18.6 Å². The number of ether oxygens (including phenoxy) is 2. The molecule has 1 unspecified atom stereocenters. The molecule has 1 aliphatic heterocycles. The first-order valence-electron chi connectivity index (χ1n) is 7.96. The molecule has 1 aliphatic rings. The molecule has 24 heavy (non-hydrogen) atoms. The molecule has 1 fully saturated rings. The summed E-state index contributed by atoms with van der Waals surface area (Å²) in [6.07, 6.45) is 2.18. The Kier molecular flexibility index (Phi) is 5.08. The first kappa shape index (κ1) is 16.8. The number of benzene rings is 1. The second kappa shape index (κ2) is 7.25. The maximum atomic E-state index is 12.2. The van der Waals surface area contributed by atoms with Crippen molar-refractivity contribution in [3.63, 3.8) is 0 Å². The predicted octanol–water partition coefficient (Wildman–Crippen LogP) is 4.27. The topological polar surface area (TPSA) is 36.3 Å². The second-order valence-corrected chi connectivity index (χ2v) is 5.89. The van der Waals surface area contributed by atoms with Gasteiger partial charge in [0.05, 0.1) is 0 Å². The number of nitrogens with zero attached hydrogens (tertiary/aromatic N) is 2. The molecule has 0 spiro atoms. The summed E-state index contributed by atoms with van der Waals surface area (Å²) in [5, 5.41) is 0. The number of aromatic nitrogens is 2. The van der Waals surface area contributed by atoms with Gasteiger partial charge in [0.25, 0.3) is 0 Å². The zero-order chi connectivity index (χ0) is 17.0. The van der Waals surface area contributed by atoms with Crippen LogP contribution < -0.4 is 4.74 Å². The lowest BCUT2D eigenvalue weighted by Crippen LogP contribution is -2.19. The van der Waals surface area contributed by atoms with E-state index in [2.05, 4.69) is 9.72 Å². The summed E-state index contributed by atoms with van der Waals surface area (Å²) in [6, 6.07) is 5.78. The highest BCUT2D eigenvalue weighted by Gasteiger charge is 2.31. The van der Waals surface area contributed by atoms with Crippen LogP contribution in [0.5, 0.6) is 5.75 Å². The average molecular weight is 340 g/mol. The summed E-state index contributed by atoms with van der Waals surface area (Å²) in [6.45, 7) is 2.46. The minimum Gasteiger partial charge on any atom is -0.406 e. The van der Waals surface area contributed by atoms with E-state index in [9.17, 15) is 13.2 Å². The zero-order valence-corrected chi connectivity index (χ0v) is 13.1. The first-order valence-corrected chi connectivity index (χ1v) is 7.96. The van der Waals surface area contributed by atoms with Crippen molar-refractivity contribution in [2.75, 3.05) is 13.2 Å². The smallest absolute Gasteiger partial charge is 0.406 e. The molecule has 1 atom stereocenters. The fraction of sp³-hybridized carbons (Fsp3) is 0.471. The van der Waals surface area contributed by atoms with Crippen LogP contribution in [0.1, 0.15) is 19.3 Å². The SMILES string of the molecule is FC(F)(F)Oc1ccc(-c2nccn2CCC2CCCOC2)cc1. The normalized spacial score (nSPS) is 18.5. The van der Waals surface area contributed by atoms with E-state index in [4.69, 9.17) is 4.74 Å². The molecular weight excluding hydrogens is 321 g/mol. The van der Waals surface area contributed by atoms with E-state index < -0.39 is 6.36 Å². The molecular formula is C17H19F3N2O2. The van der Waals surface area contributed by atoms with Crippen LogP contribution in [0.4, 0.5) is 13.2 Å². The molecule has 0 saturated carbocycles. The monoisotopic (exact) mass is 340 g/mol. The van der Waals surface area contributed by atoms with Crippen molar-refractivity contribution >= 4 is 0 Å². The van der Waals surface area contributed by atoms with Gasteiger partial charge < -0.3 is 14.0 Å². The van der Waals surface area contributed by atoms with E-state index in [0.717, 1.165) is 44.0 Å². The lowest BCUT2D eigenvalue weighted by atomic mass is 9.99. The third-order valence-corrected chi connectivity index (χ3v) is 4.09. The Morgan fingerprint density at radius 1 is 1.25 bits per heavy atom. The summed E-state index contributed by atoms with van der Waals surface area (Å²) in [4.78, 5) is 4.32. The Hall–Kier alpha value is -2.02. The van der Waals surface area contributed by atoms with Crippen LogP contribution in [0.3, 0.4) is 0 Å².